The fourth-order valence-corrected chi connectivity index (χ4v) is 2.77. The molecule has 2 aromatic rings. The molecule has 0 atom stereocenters. The van der Waals surface area contributed by atoms with E-state index < -0.39 is 0 Å². The zero-order chi connectivity index (χ0) is 17.8. The van der Waals surface area contributed by atoms with Crippen molar-refractivity contribution in [2.45, 2.75) is 19.8 Å². The van der Waals surface area contributed by atoms with Gasteiger partial charge in [-0.1, -0.05) is 13.0 Å². The van der Waals surface area contributed by atoms with Crippen LogP contribution < -0.4 is 16.2 Å². The van der Waals surface area contributed by atoms with E-state index in [-0.39, 0.29) is 16.6 Å². The van der Waals surface area contributed by atoms with Gasteiger partial charge in [0.2, 0.25) is 0 Å². The summed E-state index contributed by atoms with van der Waals surface area (Å²) in [5, 5.41) is 22.8. The predicted octanol–water partition coefficient (Wildman–Crippen LogP) is 1.58. The van der Waals surface area contributed by atoms with Gasteiger partial charge in [-0.15, -0.1) is 10.2 Å². The quantitative estimate of drug-likeness (QED) is 0.365. The average Bonchev–Trinajstić information content (AvgIpc) is 3.01. The van der Waals surface area contributed by atoms with Crippen LogP contribution in [0.15, 0.2) is 29.6 Å². The molecule has 1 fully saturated rings. The van der Waals surface area contributed by atoms with Crippen LogP contribution in [0.5, 0.6) is 0 Å². The van der Waals surface area contributed by atoms with Crippen molar-refractivity contribution in [3.05, 3.63) is 40.2 Å². The Morgan fingerprint density at radius 3 is 2.84 bits per heavy atom. The second kappa shape index (κ2) is 7.16. The number of nitrogens with one attached hydrogen (secondary N) is 1. The molecule has 2 heterocycles. The number of nitrogen functional groups attached to an aromatic ring is 1. The summed E-state index contributed by atoms with van der Waals surface area (Å²) < 4.78 is 1.18. The summed E-state index contributed by atoms with van der Waals surface area (Å²) >= 11 is 0. The van der Waals surface area contributed by atoms with Crippen molar-refractivity contribution >= 4 is 23.5 Å². The van der Waals surface area contributed by atoms with Crippen molar-refractivity contribution in [3.63, 3.8) is 0 Å². The zero-order valence-electron chi connectivity index (χ0n) is 13.9. The molecule has 10 heteroatoms. The Balaban J connectivity index is 1.77. The third-order valence-electron chi connectivity index (χ3n) is 4.27. The van der Waals surface area contributed by atoms with Gasteiger partial charge in [-0.2, -0.15) is 5.10 Å². The molecular formula is C15H20N8O2. The number of anilines is 2. The third-order valence-corrected chi connectivity index (χ3v) is 4.27. The number of nitrogens with zero attached hydrogens (tertiary/aromatic N) is 6. The lowest BCUT2D eigenvalue weighted by Crippen LogP contribution is -2.33. The molecule has 1 aliphatic heterocycles. The van der Waals surface area contributed by atoms with Crippen LogP contribution in [0.4, 0.5) is 17.3 Å². The maximum Gasteiger partial charge on any atom is 0.293 e. The molecular weight excluding hydrogens is 324 g/mol. The van der Waals surface area contributed by atoms with E-state index in [0.717, 1.165) is 25.9 Å². The summed E-state index contributed by atoms with van der Waals surface area (Å²) in [6.45, 7) is 3.88. The van der Waals surface area contributed by atoms with Crippen molar-refractivity contribution in [2.24, 2.45) is 11.0 Å². The van der Waals surface area contributed by atoms with Gasteiger partial charge in [0, 0.05) is 24.7 Å². The highest BCUT2D eigenvalue weighted by Crippen LogP contribution is 2.32. The summed E-state index contributed by atoms with van der Waals surface area (Å²) in [6.07, 6.45) is 4.90. The van der Waals surface area contributed by atoms with Crippen molar-refractivity contribution < 1.29 is 4.92 Å². The van der Waals surface area contributed by atoms with E-state index >= 15 is 0 Å². The number of piperidine rings is 1. The van der Waals surface area contributed by atoms with Crippen LogP contribution >= 0.6 is 0 Å². The van der Waals surface area contributed by atoms with Crippen molar-refractivity contribution in [1.29, 1.82) is 0 Å². The Morgan fingerprint density at radius 1 is 1.44 bits per heavy atom. The zero-order valence-corrected chi connectivity index (χ0v) is 13.9. The van der Waals surface area contributed by atoms with Gasteiger partial charge >= 0.3 is 0 Å². The van der Waals surface area contributed by atoms with Crippen molar-refractivity contribution in [1.82, 2.24) is 14.9 Å². The fraction of sp³-hybridized carbons (Fsp3) is 0.400. The highest BCUT2D eigenvalue weighted by Gasteiger charge is 2.23. The monoisotopic (exact) mass is 344 g/mol. The van der Waals surface area contributed by atoms with Crippen molar-refractivity contribution in [2.75, 3.05) is 29.3 Å². The maximum atomic E-state index is 11.5. The number of hydrogen-bond donors (Lipinski definition) is 2. The summed E-state index contributed by atoms with van der Waals surface area (Å²) in [5.41, 5.74) is 3.97. The van der Waals surface area contributed by atoms with Crippen LogP contribution in [0, 0.1) is 16.0 Å². The molecule has 0 amide bonds. The Hall–Kier alpha value is -3.17. The van der Waals surface area contributed by atoms with Gasteiger partial charge in [-0.05, 0) is 24.8 Å². The Bertz CT molecular complexity index is 780. The van der Waals surface area contributed by atoms with Gasteiger partial charge in [0.25, 0.3) is 11.6 Å². The van der Waals surface area contributed by atoms with Gasteiger partial charge in [0.1, 0.15) is 12.0 Å². The number of hydrazone groups is 1. The molecule has 10 nitrogen and oxygen atoms in total. The second-order valence-electron chi connectivity index (χ2n) is 6.11. The minimum absolute atomic E-state index is 0.0838. The molecule has 0 unspecified atom stereocenters. The van der Waals surface area contributed by atoms with E-state index in [1.807, 2.05) is 0 Å². The first-order valence-electron chi connectivity index (χ1n) is 8.02. The summed E-state index contributed by atoms with van der Waals surface area (Å²) in [7, 11) is 0. The number of nitrogens with two attached hydrogens (primary N) is 1. The van der Waals surface area contributed by atoms with Gasteiger partial charge in [0.15, 0.2) is 0 Å². The molecule has 0 radical (unpaired) electrons. The SMILES string of the molecule is CC1CCN(c2ccc(/C=N/Nc3nncn3N)cc2[N+](=O)[O-])CC1. The molecule has 1 saturated heterocycles. The molecule has 3 N–H and O–H groups in total. The number of nitro benzene ring substituents is 1. The third kappa shape index (κ3) is 3.84. The molecule has 3 rings (SSSR count). The second-order valence-corrected chi connectivity index (χ2v) is 6.11. The van der Waals surface area contributed by atoms with Gasteiger partial charge in [-0.25, -0.2) is 10.1 Å². The smallest absolute Gasteiger partial charge is 0.293 e. The molecule has 1 aromatic carbocycles. The van der Waals surface area contributed by atoms with Gasteiger partial charge in [-0.3, -0.25) is 10.1 Å². The molecule has 1 aliphatic rings. The van der Waals surface area contributed by atoms with E-state index in [1.165, 1.54) is 23.3 Å². The van der Waals surface area contributed by atoms with Gasteiger partial charge < -0.3 is 10.7 Å². The highest BCUT2D eigenvalue weighted by atomic mass is 16.6. The lowest BCUT2D eigenvalue weighted by molar-refractivity contribution is -0.384. The summed E-state index contributed by atoms with van der Waals surface area (Å²) in [6, 6.07) is 5.10. The average molecular weight is 344 g/mol. The van der Waals surface area contributed by atoms with E-state index in [2.05, 4.69) is 32.5 Å². The van der Waals surface area contributed by atoms with E-state index in [0.29, 0.717) is 17.2 Å². The minimum atomic E-state index is -0.353. The minimum Gasteiger partial charge on any atom is -0.366 e. The molecule has 0 spiro atoms. The van der Waals surface area contributed by atoms with E-state index in [4.69, 9.17) is 5.84 Å². The molecule has 0 bridgehead atoms. The number of nitro groups is 1. The lowest BCUT2D eigenvalue weighted by Gasteiger charge is -2.31. The molecule has 132 valence electrons. The number of rotatable bonds is 5. The van der Waals surface area contributed by atoms with Crippen LogP contribution in [0.2, 0.25) is 0 Å². The first kappa shape index (κ1) is 16.7. The van der Waals surface area contributed by atoms with Crippen LogP contribution in [0.25, 0.3) is 0 Å². The summed E-state index contributed by atoms with van der Waals surface area (Å²) in [4.78, 5) is 13.2. The number of aromatic nitrogens is 3. The van der Waals surface area contributed by atoms with E-state index in [9.17, 15) is 10.1 Å². The Labute approximate surface area is 144 Å². The van der Waals surface area contributed by atoms with Crippen LogP contribution in [-0.4, -0.2) is 39.1 Å². The normalized spacial score (nSPS) is 15.6. The van der Waals surface area contributed by atoms with Crippen LogP contribution in [-0.2, 0) is 0 Å². The lowest BCUT2D eigenvalue weighted by atomic mass is 9.98. The maximum absolute atomic E-state index is 11.5. The number of hydrogen-bond acceptors (Lipinski definition) is 8. The highest BCUT2D eigenvalue weighted by molar-refractivity contribution is 5.83. The topological polar surface area (TPSA) is 128 Å². The molecule has 25 heavy (non-hydrogen) atoms. The molecule has 0 saturated carbocycles. The van der Waals surface area contributed by atoms with Gasteiger partial charge in [0.05, 0.1) is 11.1 Å². The predicted molar refractivity (Wildman–Crippen MR) is 95.1 cm³/mol. The molecule has 0 aliphatic carbocycles. The largest absolute Gasteiger partial charge is 0.366 e. The van der Waals surface area contributed by atoms with Crippen LogP contribution in [0.3, 0.4) is 0 Å². The summed E-state index contributed by atoms with van der Waals surface area (Å²) in [5.74, 6) is 6.49. The molecule has 1 aromatic heterocycles. The van der Waals surface area contributed by atoms with Crippen LogP contribution in [0.1, 0.15) is 25.3 Å². The standard InChI is InChI=1S/C15H20N8O2/c1-11-4-6-21(7-5-11)13-3-2-12(8-14(13)23(24)25)9-17-19-15-20-18-10-22(15)16/h2-3,8-11H,4-7,16H2,1H3,(H,19,20)/b17-9+. The Kier molecular flexibility index (Phi) is 4.78. The fourth-order valence-electron chi connectivity index (χ4n) is 2.77. The van der Waals surface area contributed by atoms with E-state index in [1.54, 1.807) is 12.1 Å². The van der Waals surface area contributed by atoms with Crippen molar-refractivity contribution in [3.8, 4) is 0 Å². The Morgan fingerprint density at radius 2 is 2.20 bits per heavy atom. The number of benzene rings is 1. The first-order valence-corrected chi connectivity index (χ1v) is 8.02. The first-order chi connectivity index (χ1) is 12.0.